The largest absolute Gasteiger partial charge is 0.369 e. The van der Waals surface area contributed by atoms with Crippen molar-refractivity contribution < 1.29 is 0 Å². The summed E-state index contributed by atoms with van der Waals surface area (Å²) in [4.78, 5) is 2.67. The molecule has 0 bridgehead atoms. The quantitative estimate of drug-likeness (QED) is 0.832. The highest BCUT2D eigenvalue weighted by Gasteiger charge is 2.05. The Balaban J connectivity index is 2.11. The summed E-state index contributed by atoms with van der Waals surface area (Å²) in [5, 5.41) is 10.6. The van der Waals surface area contributed by atoms with Crippen LogP contribution in [0.1, 0.15) is 25.1 Å². The van der Waals surface area contributed by atoms with E-state index in [2.05, 4.69) is 47.6 Å². The van der Waals surface area contributed by atoms with Crippen LogP contribution in [0.15, 0.2) is 18.2 Å². The zero-order valence-corrected chi connectivity index (χ0v) is 10.5. The predicted octanol–water partition coefficient (Wildman–Crippen LogP) is 3.52. The number of aromatic amines is 1. The van der Waals surface area contributed by atoms with Crippen LogP contribution in [0.3, 0.4) is 0 Å². The molecule has 16 heavy (non-hydrogen) atoms. The lowest BCUT2D eigenvalue weighted by atomic mass is 10.3. The maximum atomic E-state index is 4.24. The third-order valence-corrected chi connectivity index (χ3v) is 3.67. The Morgan fingerprint density at radius 3 is 2.94 bits per heavy atom. The first-order valence-corrected chi connectivity index (χ1v) is 6.53. The third kappa shape index (κ3) is 2.44. The number of hydrogen-bond donors (Lipinski definition) is 2. The van der Waals surface area contributed by atoms with Gasteiger partial charge in [0.1, 0.15) is 5.82 Å². The summed E-state index contributed by atoms with van der Waals surface area (Å²) in [7, 11) is 0. The third-order valence-electron chi connectivity index (χ3n) is 2.41. The van der Waals surface area contributed by atoms with E-state index in [0.717, 1.165) is 30.9 Å². The van der Waals surface area contributed by atoms with Crippen LogP contribution >= 0.6 is 11.3 Å². The van der Waals surface area contributed by atoms with Crippen molar-refractivity contribution in [1.29, 1.82) is 0 Å². The monoisotopic (exact) mass is 235 g/mol. The second kappa shape index (κ2) is 5.16. The Morgan fingerprint density at radius 2 is 2.25 bits per heavy atom. The molecule has 0 saturated heterocycles. The fraction of sp³-hybridized carbons (Fsp3) is 0.417. The molecular formula is C12H17N3S. The summed E-state index contributed by atoms with van der Waals surface area (Å²) < 4.78 is 0. The van der Waals surface area contributed by atoms with Gasteiger partial charge in [0.15, 0.2) is 0 Å². The molecule has 0 aliphatic rings. The number of hydrogen-bond acceptors (Lipinski definition) is 3. The molecule has 2 N–H and O–H groups in total. The molecule has 4 heteroatoms. The van der Waals surface area contributed by atoms with Gasteiger partial charge < -0.3 is 5.32 Å². The van der Waals surface area contributed by atoms with Crippen molar-refractivity contribution in [3.05, 3.63) is 23.1 Å². The van der Waals surface area contributed by atoms with Gasteiger partial charge in [0.25, 0.3) is 0 Å². The molecule has 0 amide bonds. The fourth-order valence-electron chi connectivity index (χ4n) is 1.50. The summed E-state index contributed by atoms with van der Waals surface area (Å²) in [6, 6.07) is 6.40. The van der Waals surface area contributed by atoms with Gasteiger partial charge in [-0.3, -0.25) is 5.10 Å². The molecule has 2 aromatic rings. The fourth-order valence-corrected chi connectivity index (χ4v) is 2.42. The zero-order valence-electron chi connectivity index (χ0n) is 9.71. The zero-order chi connectivity index (χ0) is 11.4. The lowest BCUT2D eigenvalue weighted by Crippen LogP contribution is -1.99. The first-order chi connectivity index (χ1) is 7.83. The van der Waals surface area contributed by atoms with E-state index < -0.39 is 0 Å². The van der Waals surface area contributed by atoms with Crippen molar-refractivity contribution in [2.75, 3.05) is 11.9 Å². The average Bonchev–Trinajstić information content (AvgIpc) is 2.94. The number of rotatable bonds is 5. The van der Waals surface area contributed by atoms with Crippen LogP contribution in [0.4, 0.5) is 5.82 Å². The van der Waals surface area contributed by atoms with Gasteiger partial charge in [-0.2, -0.15) is 5.10 Å². The lowest BCUT2D eigenvalue weighted by Gasteiger charge is -1.96. The second-order valence-electron chi connectivity index (χ2n) is 3.71. The second-order valence-corrected chi connectivity index (χ2v) is 4.88. The maximum absolute atomic E-state index is 4.24. The van der Waals surface area contributed by atoms with Crippen molar-refractivity contribution in [3.8, 4) is 10.6 Å². The minimum absolute atomic E-state index is 0.934. The van der Waals surface area contributed by atoms with E-state index in [4.69, 9.17) is 0 Å². The van der Waals surface area contributed by atoms with Crippen molar-refractivity contribution >= 4 is 17.2 Å². The minimum atomic E-state index is 0.934. The molecule has 0 spiro atoms. The van der Waals surface area contributed by atoms with E-state index >= 15 is 0 Å². The first kappa shape index (κ1) is 11.2. The van der Waals surface area contributed by atoms with E-state index in [-0.39, 0.29) is 0 Å². The minimum Gasteiger partial charge on any atom is -0.369 e. The highest BCUT2D eigenvalue weighted by Crippen LogP contribution is 2.28. The molecule has 2 aromatic heterocycles. The SMILES string of the molecule is CCCNc1cc(-c2ccc(CC)s2)[nH]n1. The first-order valence-electron chi connectivity index (χ1n) is 5.71. The van der Waals surface area contributed by atoms with Crippen LogP contribution in [0.5, 0.6) is 0 Å². The molecule has 0 atom stereocenters. The standard InChI is InChI=1S/C12H17N3S/c1-3-7-13-12-8-10(14-15-12)11-6-5-9(4-2)16-11/h5-6,8H,3-4,7H2,1-2H3,(H2,13,14,15). The number of nitrogens with one attached hydrogen (secondary N) is 2. The van der Waals surface area contributed by atoms with Crippen LogP contribution in [0, 0.1) is 0 Å². The van der Waals surface area contributed by atoms with E-state index in [9.17, 15) is 0 Å². The molecule has 86 valence electrons. The number of aromatic nitrogens is 2. The summed E-state index contributed by atoms with van der Waals surface area (Å²) in [6.45, 7) is 5.29. The number of thiophene rings is 1. The van der Waals surface area contributed by atoms with Crippen LogP contribution in [0.25, 0.3) is 10.6 Å². The highest BCUT2D eigenvalue weighted by atomic mass is 32.1. The average molecular weight is 235 g/mol. The summed E-state index contributed by atoms with van der Waals surface area (Å²) in [6.07, 6.45) is 2.21. The summed E-state index contributed by atoms with van der Waals surface area (Å²) in [5.41, 5.74) is 1.10. The van der Waals surface area contributed by atoms with E-state index in [0.29, 0.717) is 0 Å². The van der Waals surface area contributed by atoms with Gasteiger partial charge in [-0.05, 0) is 25.0 Å². The van der Waals surface area contributed by atoms with Gasteiger partial charge >= 0.3 is 0 Å². The molecule has 0 unspecified atom stereocenters. The number of anilines is 1. The van der Waals surface area contributed by atoms with Crippen molar-refractivity contribution in [2.24, 2.45) is 0 Å². The van der Waals surface area contributed by atoms with Crippen molar-refractivity contribution in [1.82, 2.24) is 10.2 Å². The van der Waals surface area contributed by atoms with Gasteiger partial charge in [-0.25, -0.2) is 0 Å². The molecule has 0 aliphatic carbocycles. The number of nitrogens with zero attached hydrogens (tertiary/aromatic N) is 1. The normalized spacial score (nSPS) is 10.6. The predicted molar refractivity (Wildman–Crippen MR) is 70.1 cm³/mol. The lowest BCUT2D eigenvalue weighted by molar-refractivity contribution is 0.961. The van der Waals surface area contributed by atoms with Crippen LogP contribution in [-0.4, -0.2) is 16.7 Å². The number of H-pyrrole nitrogens is 1. The van der Waals surface area contributed by atoms with Crippen LogP contribution < -0.4 is 5.32 Å². The molecule has 0 aromatic carbocycles. The number of aryl methyl sites for hydroxylation is 1. The van der Waals surface area contributed by atoms with Gasteiger partial charge in [-0.1, -0.05) is 13.8 Å². The maximum Gasteiger partial charge on any atom is 0.148 e. The Hall–Kier alpha value is -1.29. The van der Waals surface area contributed by atoms with Gasteiger partial charge in [0, 0.05) is 17.5 Å². The molecule has 0 aliphatic heterocycles. The van der Waals surface area contributed by atoms with E-state index in [1.165, 1.54) is 9.75 Å². The van der Waals surface area contributed by atoms with Gasteiger partial charge in [0.2, 0.25) is 0 Å². The molecule has 2 heterocycles. The molecule has 3 nitrogen and oxygen atoms in total. The van der Waals surface area contributed by atoms with E-state index in [1.807, 2.05) is 11.3 Å². The molecule has 0 saturated carbocycles. The van der Waals surface area contributed by atoms with Gasteiger partial charge in [0.05, 0.1) is 10.6 Å². The summed E-state index contributed by atoms with van der Waals surface area (Å²) >= 11 is 1.82. The topological polar surface area (TPSA) is 40.7 Å². The molecule has 0 fully saturated rings. The van der Waals surface area contributed by atoms with Crippen LogP contribution in [0.2, 0.25) is 0 Å². The molecule has 2 rings (SSSR count). The summed E-state index contributed by atoms with van der Waals surface area (Å²) in [5.74, 6) is 0.934. The Kier molecular flexibility index (Phi) is 3.62. The Morgan fingerprint density at radius 1 is 1.38 bits per heavy atom. The van der Waals surface area contributed by atoms with Crippen molar-refractivity contribution in [2.45, 2.75) is 26.7 Å². The Labute approximate surface area is 99.9 Å². The van der Waals surface area contributed by atoms with Crippen molar-refractivity contribution in [3.63, 3.8) is 0 Å². The highest BCUT2D eigenvalue weighted by molar-refractivity contribution is 7.15. The van der Waals surface area contributed by atoms with Crippen LogP contribution in [-0.2, 0) is 6.42 Å². The molecular weight excluding hydrogens is 218 g/mol. The van der Waals surface area contributed by atoms with E-state index in [1.54, 1.807) is 0 Å². The van der Waals surface area contributed by atoms with Gasteiger partial charge in [-0.15, -0.1) is 11.3 Å². The smallest absolute Gasteiger partial charge is 0.148 e. The molecule has 0 radical (unpaired) electrons. The Bertz CT molecular complexity index is 445.